The summed E-state index contributed by atoms with van der Waals surface area (Å²) in [5.74, 6) is -0.509. The zero-order chi connectivity index (χ0) is 32.0. The molecule has 2 amide bonds. The molecule has 44 heavy (non-hydrogen) atoms. The van der Waals surface area contributed by atoms with Crippen LogP contribution in [-0.2, 0) is 26.2 Å². The number of carbonyl (C=O) groups excluding carboxylic acids is 2. The fraction of sp³-hybridized carbons (Fsp3) is 0.375. The molecule has 12 heteroatoms. The third-order valence-electron chi connectivity index (χ3n) is 7.74. The number of methoxy groups -OCH3 is 1. The number of aryl methyl sites for hydroxylation is 1. The van der Waals surface area contributed by atoms with Crippen LogP contribution in [0.5, 0.6) is 5.75 Å². The van der Waals surface area contributed by atoms with Gasteiger partial charge in [-0.05, 0) is 74.2 Å². The van der Waals surface area contributed by atoms with E-state index in [1.165, 1.54) is 42.3 Å². The van der Waals surface area contributed by atoms with Crippen molar-refractivity contribution in [2.24, 2.45) is 0 Å². The second-order valence-electron chi connectivity index (χ2n) is 10.8. The molecule has 8 nitrogen and oxygen atoms in total. The van der Waals surface area contributed by atoms with Gasteiger partial charge in [-0.1, -0.05) is 78.3 Å². The fourth-order valence-corrected chi connectivity index (χ4v) is 7.28. The quantitative estimate of drug-likeness (QED) is 0.222. The maximum atomic E-state index is 14.3. The molecule has 1 aliphatic rings. The van der Waals surface area contributed by atoms with Gasteiger partial charge in [0.05, 0.1) is 32.8 Å². The number of sulfonamides is 1. The lowest BCUT2D eigenvalue weighted by Crippen LogP contribution is -2.53. The molecule has 0 saturated heterocycles. The average molecular weight is 681 g/mol. The van der Waals surface area contributed by atoms with Crippen LogP contribution < -0.4 is 14.4 Å². The molecule has 1 saturated carbocycles. The predicted molar refractivity (Wildman–Crippen MR) is 175 cm³/mol. The van der Waals surface area contributed by atoms with E-state index in [-0.39, 0.29) is 34.1 Å². The Kier molecular flexibility index (Phi) is 11.5. The lowest BCUT2D eigenvalue weighted by molar-refractivity contribution is -0.140. The van der Waals surface area contributed by atoms with Crippen molar-refractivity contribution in [3.8, 4) is 5.75 Å². The van der Waals surface area contributed by atoms with Crippen molar-refractivity contribution in [1.29, 1.82) is 0 Å². The summed E-state index contributed by atoms with van der Waals surface area (Å²) in [5, 5.41) is 3.93. The number of carbonyl (C=O) groups is 2. The number of hydrogen-bond acceptors (Lipinski definition) is 5. The zero-order valence-corrected chi connectivity index (χ0v) is 27.9. The van der Waals surface area contributed by atoms with Crippen molar-refractivity contribution in [2.75, 3.05) is 18.0 Å². The third-order valence-corrected chi connectivity index (χ3v) is 10.6. The smallest absolute Gasteiger partial charge is 0.264 e. The number of amides is 2. The summed E-state index contributed by atoms with van der Waals surface area (Å²) in [6, 6.07) is 15.0. The summed E-state index contributed by atoms with van der Waals surface area (Å²) in [5.41, 5.74) is 1.69. The van der Waals surface area contributed by atoms with Gasteiger partial charge in [0.1, 0.15) is 18.3 Å². The number of rotatable bonds is 12. The molecule has 4 rings (SSSR count). The molecule has 0 radical (unpaired) electrons. The number of hydrogen-bond donors (Lipinski definition) is 1. The van der Waals surface area contributed by atoms with Gasteiger partial charge < -0.3 is 15.0 Å². The van der Waals surface area contributed by atoms with Crippen molar-refractivity contribution in [3.05, 3.63) is 86.9 Å². The van der Waals surface area contributed by atoms with E-state index < -0.39 is 28.5 Å². The average Bonchev–Trinajstić information content (AvgIpc) is 3.50. The topological polar surface area (TPSA) is 96.0 Å². The molecule has 0 unspecified atom stereocenters. The second kappa shape index (κ2) is 14.9. The Labute approximate surface area is 274 Å². The van der Waals surface area contributed by atoms with Crippen molar-refractivity contribution >= 4 is 62.3 Å². The molecular formula is C32H36Cl3N3O5S. The minimum atomic E-state index is -4.25. The van der Waals surface area contributed by atoms with Gasteiger partial charge in [-0.3, -0.25) is 13.9 Å². The van der Waals surface area contributed by atoms with Crippen LogP contribution in [-0.4, -0.2) is 50.9 Å². The molecule has 0 spiro atoms. The van der Waals surface area contributed by atoms with Gasteiger partial charge in [-0.15, -0.1) is 0 Å². The van der Waals surface area contributed by atoms with Gasteiger partial charge in [0.2, 0.25) is 11.8 Å². The van der Waals surface area contributed by atoms with Crippen molar-refractivity contribution in [1.82, 2.24) is 10.2 Å². The molecule has 1 N–H and O–H groups in total. The lowest BCUT2D eigenvalue weighted by atomic mass is 10.1. The monoisotopic (exact) mass is 679 g/mol. The Balaban J connectivity index is 1.75. The normalized spacial score (nSPS) is 14.2. The summed E-state index contributed by atoms with van der Waals surface area (Å²) in [6.45, 7) is 3.09. The first-order valence-corrected chi connectivity index (χ1v) is 17.0. The van der Waals surface area contributed by atoms with Crippen molar-refractivity contribution < 1.29 is 22.7 Å². The van der Waals surface area contributed by atoms with Crippen LogP contribution in [0.25, 0.3) is 0 Å². The highest BCUT2D eigenvalue weighted by Crippen LogP contribution is 2.33. The van der Waals surface area contributed by atoms with Crippen LogP contribution in [0.1, 0.15) is 50.2 Å². The van der Waals surface area contributed by atoms with Gasteiger partial charge in [-0.2, -0.15) is 0 Å². The molecule has 1 atom stereocenters. The number of nitrogens with zero attached hydrogens (tertiary/aromatic N) is 2. The first kappa shape index (κ1) is 33.9. The number of benzene rings is 3. The summed E-state index contributed by atoms with van der Waals surface area (Å²) >= 11 is 18.8. The van der Waals surface area contributed by atoms with E-state index in [1.807, 2.05) is 13.8 Å². The van der Waals surface area contributed by atoms with E-state index in [9.17, 15) is 18.0 Å². The minimum Gasteiger partial charge on any atom is -0.495 e. The number of anilines is 1. The highest BCUT2D eigenvalue weighted by atomic mass is 35.5. The molecule has 236 valence electrons. The maximum Gasteiger partial charge on any atom is 0.264 e. The molecule has 3 aromatic carbocycles. The van der Waals surface area contributed by atoms with E-state index in [1.54, 1.807) is 30.3 Å². The van der Waals surface area contributed by atoms with Crippen molar-refractivity contribution in [2.45, 2.75) is 69.5 Å². The molecule has 0 aromatic heterocycles. The Morgan fingerprint density at radius 3 is 2.23 bits per heavy atom. The van der Waals surface area contributed by atoms with Crippen LogP contribution in [0.15, 0.2) is 65.6 Å². The van der Waals surface area contributed by atoms with Gasteiger partial charge in [0.25, 0.3) is 10.0 Å². The molecule has 0 heterocycles. The minimum absolute atomic E-state index is 0.00453. The summed E-state index contributed by atoms with van der Waals surface area (Å²) < 4.78 is 34.4. The Bertz CT molecular complexity index is 1600. The summed E-state index contributed by atoms with van der Waals surface area (Å²) in [7, 11) is -2.79. The van der Waals surface area contributed by atoms with E-state index in [4.69, 9.17) is 39.5 Å². The molecule has 1 fully saturated rings. The third kappa shape index (κ3) is 7.99. The highest BCUT2D eigenvalue weighted by molar-refractivity contribution is 7.92. The van der Waals surface area contributed by atoms with Gasteiger partial charge in [-0.25, -0.2) is 8.42 Å². The van der Waals surface area contributed by atoms with Crippen LogP contribution in [0.4, 0.5) is 5.69 Å². The lowest BCUT2D eigenvalue weighted by Gasteiger charge is -2.34. The Morgan fingerprint density at radius 1 is 0.955 bits per heavy atom. The maximum absolute atomic E-state index is 14.3. The van der Waals surface area contributed by atoms with Gasteiger partial charge in [0.15, 0.2) is 0 Å². The van der Waals surface area contributed by atoms with Crippen LogP contribution >= 0.6 is 34.8 Å². The van der Waals surface area contributed by atoms with Crippen LogP contribution in [0.3, 0.4) is 0 Å². The number of ether oxygens (including phenoxy) is 1. The largest absolute Gasteiger partial charge is 0.495 e. The Hall–Kier alpha value is -2.98. The first-order chi connectivity index (χ1) is 20.9. The standard InChI is InChI=1S/C32H36Cl3N3O5S/c1-4-29(32(40)36-23-7-5-6-8-23)37(19-22-11-15-26(33)27(34)17-22)31(39)20-38(24-12-16-30(43-3)28(35)18-24)44(41,42)25-13-9-21(2)10-14-25/h9-18,23,29H,4-8,19-20H2,1-3H3,(H,36,40)/t29-/m1/s1. The highest BCUT2D eigenvalue weighted by Gasteiger charge is 2.35. The number of nitrogens with one attached hydrogen (secondary N) is 1. The first-order valence-electron chi connectivity index (χ1n) is 14.4. The number of halogens is 3. The summed E-state index contributed by atoms with van der Waals surface area (Å²) in [4.78, 5) is 29.3. The molecule has 0 aliphatic heterocycles. The second-order valence-corrected chi connectivity index (χ2v) is 13.9. The van der Waals surface area contributed by atoms with Crippen LogP contribution in [0.2, 0.25) is 15.1 Å². The zero-order valence-electron chi connectivity index (χ0n) is 24.9. The van der Waals surface area contributed by atoms with Gasteiger partial charge in [0, 0.05) is 12.6 Å². The van der Waals surface area contributed by atoms with E-state index in [2.05, 4.69) is 5.32 Å². The van der Waals surface area contributed by atoms with Crippen LogP contribution in [0, 0.1) is 6.92 Å². The molecule has 0 bridgehead atoms. The van der Waals surface area contributed by atoms with E-state index >= 15 is 0 Å². The SMILES string of the molecule is CC[C@H](C(=O)NC1CCCC1)N(Cc1ccc(Cl)c(Cl)c1)C(=O)CN(c1ccc(OC)c(Cl)c1)S(=O)(=O)c1ccc(C)cc1. The van der Waals surface area contributed by atoms with Crippen molar-refractivity contribution in [3.63, 3.8) is 0 Å². The summed E-state index contributed by atoms with van der Waals surface area (Å²) in [6.07, 6.45) is 4.13. The molecular weight excluding hydrogens is 645 g/mol. The molecule has 1 aliphatic carbocycles. The van der Waals surface area contributed by atoms with E-state index in [0.29, 0.717) is 27.8 Å². The fourth-order valence-electron chi connectivity index (χ4n) is 5.30. The predicted octanol–water partition coefficient (Wildman–Crippen LogP) is 7.03. The van der Waals surface area contributed by atoms with Gasteiger partial charge >= 0.3 is 0 Å². The van der Waals surface area contributed by atoms with E-state index in [0.717, 1.165) is 35.6 Å². The molecule has 3 aromatic rings. The Morgan fingerprint density at radius 2 is 1.64 bits per heavy atom.